The molecule has 18 heteroatoms. The van der Waals surface area contributed by atoms with Gasteiger partial charge in [-0.15, -0.1) is 23.2 Å². The number of hydrogen-bond donors (Lipinski definition) is 5. The molecule has 4 atom stereocenters. The average molecular weight is 887 g/mol. The number of carbonyl (C=O) groups is 5. The molecule has 64 heavy (non-hydrogen) atoms. The molecule has 0 spiro atoms. The molecule has 5 N–H and O–H groups in total. The molecule has 0 saturated carbocycles. The number of rotatable bonds is 12. The third-order valence-electron chi connectivity index (χ3n) is 10.5. The van der Waals surface area contributed by atoms with E-state index in [2.05, 4.69) is 48.4 Å². The van der Waals surface area contributed by atoms with Crippen molar-refractivity contribution in [2.75, 3.05) is 34.9 Å². The minimum Gasteiger partial charge on any atom is -0.497 e. The Morgan fingerprint density at radius 2 is 1.69 bits per heavy atom. The summed E-state index contributed by atoms with van der Waals surface area (Å²) in [6, 6.07) is 12.2. The Morgan fingerprint density at radius 3 is 2.42 bits per heavy atom. The van der Waals surface area contributed by atoms with Gasteiger partial charge in [-0.2, -0.15) is 0 Å². The second kappa shape index (κ2) is 20.4. The van der Waals surface area contributed by atoms with Crippen LogP contribution in [0.15, 0.2) is 72.4 Å². The number of amides is 4. The maximum atomic E-state index is 14.7. The lowest BCUT2D eigenvalue weighted by Crippen LogP contribution is -2.55. The predicted molar refractivity (Wildman–Crippen MR) is 244 cm³/mol. The number of ether oxygens (including phenoxy) is 2. The second-order valence-electron chi connectivity index (χ2n) is 16.0. The molecule has 2 aliphatic rings. The van der Waals surface area contributed by atoms with Crippen LogP contribution in [0.3, 0.4) is 0 Å². The van der Waals surface area contributed by atoms with Crippen LogP contribution in [-0.4, -0.2) is 98.2 Å². The number of benzene rings is 2. The van der Waals surface area contributed by atoms with Crippen molar-refractivity contribution in [3.8, 4) is 34.7 Å². The number of methoxy groups -OCH3 is 1. The van der Waals surface area contributed by atoms with E-state index in [-0.39, 0.29) is 55.3 Å². The Labute approximate surface area is 374 Å². The van der Waals surface area contributed by atoms with Crippen molar-refractivity contribution in [3.05, 3.63) is 72.4 Å². The lowest BCUT2D eigenvalue weighted by Gasteiger charge is -2.30. The van der Waals surface area contributed by atoms with Gasteiger partial charge < -0.3 is 41.0 Å². The van der Waals surface area contributed by atoms with E-state index in [0.29, 0.717) is 52.3 Å². The third-order valence-corrected chi connectivity index (χ3v) is 11.3. The van der Waals surface area contributed by atoms with Gasteiger partial charge in [-0.3, -0.25) is 24.0 Å². The highest BCUT2D eigenvalue weighted by Crippen LogP contribution is 2.36. The van der Waals surface area contributed by atoms with Gasteiger partial charge in [-0.1, -0.05) is 26.0 Å². The zero-order chi connectivity index (χ0) is 45.3. The molecule has 5 aromatic rings. The van der Waals surface area contributed by atoms with E-state index in [0.717, 1.165) is 5.13 Å². The zero-order valence-corrected chi connectivity index (χ0v) is 37.0. The normalized spacial score (nSPS) is 18.5. The van der Waals surface area contributed by atoms with E-state index < -0.39 is 47.7 Å². The monoisotopic (exact) mass is 886 g/mol. The quantitative estimate of drug-likeness (QED) is 0.0755. The first kappa shape index (κ1) is 44.9. The molecule has 2 unspecified atom stereocenters. The number of carbonyl (C=O) groups excluding carboxylic acids is 5. The summed E-state index contributed by atoms with van der Waals surface area (Å²) in [5, 5.41) is 17.9. The second-order valence-corrected chi connectivity index (χ2v) is 16.9. The van der Waals surface area contributed by atoms with Crippen molar-refractivity contribution < 1.29 is 33.4 Å². The number of thiazole rings is 1. The fraction of sp³-hybridized carbons (Fsp3) is 0.370. The van der Waals surface area contributed by atoms with Gasteiger partial charge in [0, 0.05) is 67.0 Å². The summed E-state index contributed by atoms with van der Waals surface area (Å²) in [4.78, 5) is 89.0. The molecule has 3 aromatic heterocycles. The van der Waals surface area contributed by atoms with Crippen LogP contribution < -0.4 is 36.1 Å². The van der Waals surface area contributed by atoms with Gasteiger partial charge in [0.1, 0.15) is 41.4 Å². The number of fused-ring (bicyclic) bond motifs is 2. The van der Waals surface area contributed by atoms with Crippen molar-refractivity contribution in [1.29, 1.82) is 0 Å². The maximum absolute atomic E-state index is 14.7. The van der Waals surface area contributed by atoms with Crippen molar-refractivity contribution >= 4 is 74.1 Å². The first-order valence-electron chi connectivity index (χ1n) is 21.1. The lowest BCUT2D eigenvalue weighted by atomic mass is 10.0. The molecule has 332 valence electrons. The van der Waals surface area contributed by atoms with Crippen LogP contribution in [0.25, 0.3) is 22.3 Å². The van der Waals surface area contributed by atoms with Crippen LogP contribution >= 0.6 is 11.3 Å². The summed E-state index contributed by atoms with van der Waals surface area (Å²) in [5.74, 6) is 3.56. The van der Waals surface area contributed by atoms with Crippen molar-refractivity contribution in [2.24, 2.45) is 5.92 Å². The maximum Gasteiger partial charge on any atom is 0.294 e. The van der Waals surface area contributed by atoms with Crippen LogP contribution in [-0.2, 0) is 24.0 Å². The summed E-state index contributed by atoms with van der Waals surface area (Å²) in [7, 11) is 1.57. The Kier molecular flexibility index (Phi) is 14.3. The van der Waals surface area contributed by atoms with Crippen molar-refractivity contribution in [2.45, 2.75) is 90.1 Å². The number of ketones is 1. The molecule has 2 aromatic carbocycles. The Morgan fingerprint density at radius 1 is 0.922 bits per heavy atom. The number of nitrogens with zero attached hydrogens (tertiary/aromatic N) is 5. The molecule has 4 amide bonds. The fourth-order valence-corrected chi connectivity index (χ4v) is 8.18. The molecule has 0 radical (unpaired) electrons. The summed E-state index contributed by atoms with van der Waals surface area (Å²) >= 11 is 1.45. The van der Waals surface area contributed by atoms with E-state index in [1.165, 1.54) is 16.2 Å². The number of Topliss-reactive ketones (excluding diaryl/α,β-unsaturated/α-hetero) is 1. The van der Waals surface area contributed by atoms with Crippen LogP contribution in [0, 0.1) is 17.8 Å². The Balaban J connectivity index is 1.21. The zero-order valence-electron chi connectivity index (χ0n) is 36.1. The van der Waals surface area contributed by atoms with Gasteiger partial charge >= 0.3 is 0 Å². The molecule has 0 aliphatic carbocycles. The first-order chi connectivity index (χ1) is 30.9. The topological polar surface area (TPSA) is 219 Å². The van der Waals surface area contributed by atoms with E-state index in [1.807, 2.05) is 39.1 Å². The molecular formula is C46H50N10O7S. The minimum atomic E-state index is -1.37. The smallest absolute Gasteiger partial charge is 0.294 e. The van der Waals surface area contributed by atoms with Gasteiger partial charge in [0.15, 0.2) is 5.13 Å². The Hall–Kier alpha value is -7.13. The summed E-state index contributed by atoms with van der Waals surface area (Å²) in [6.45, 7) is 7.78. The average Bonchev–Trinajstić information content (AvgIpc) is 3.93. The molecule has 0 bridgehead atoms. The van der Waals surface area contributed by atoms with E-state index in [9.17, 15) is 24.0 Å². The highest BCUT2D eigenvalue weighted by Gasteiger charge is 2.45. The van der Waals surface area contributed by atoms with Gasteiger partial charge in [-0.25, -0.2) is 19.9 Å². The van der Waals surface area contributed by atoms with Gasteiger partial charge in [-0.05, 0) is 56.5 Å². The van der Waals surface area contributed by atoms with Crippen molar-refractivity contribution in [3.63, 3.8) is 0 Å². The highest BCUT2D eigenvalue weighted by atomic mass is 32.1. The third kappa shape index (κ3) is 10.9. The van der Waals surface area contributed by atoms with E-state index in [4.69, 9.17) is 19.4 Å². The molecule has 17 nitrogen and oxygen atoms in total. The molecular weight excluding hydrogens is 837 g/mol. The molecule has 2 aliphatic heterocycles. The lowest BCUT2D eigenvalue weighted by molar-refractivity contribution is -0.141. The summed E-state index contributed by atoms with van der Waals surface area (Å²) in [6.07, 6.45) is 3.24. The summed E-state index contributed by atoms with van der Waals surface area (Å²) < 4.78 is 12.3. The van der Waals surface area contributed by atoms with Crippen molar-refractivity contribution in [1.82, 2.24) is 30.2 Å². The number of para-hydroxylation sites is 2. The van der Waals surface area contributed by atoms with E-state index >= 15 is 0 Å². The number of pyridine rings is 1. The van der Waals surface area contributed by atoms with Crippen LogP contribution in [0.5, 0.6) is 11.5 Å². The summed E-state index contributed by atoms with van der Waals surface area (Å²) in [5.41, 5.74) is 2.31. The van der Waals surface area contributed by atoms with Crippen LogP contribution in [0.4, 0.5) is 22.5 Å². The molecule has 1 fully saturated rings. The molecule has 5 heterocycles. The largest absolute Gasteiger partial charge is 0.497 e. The Bertz CT molecular complexity index is 2590. The molecule has 1 saturated heterocycles. The number of aromatic nitrogens is 4. The number of likely N-dealkylation sites (tertiary alicyclic amines) is 1. The van der Waals surface area contributed by atoms with E-state index in [1.54, 1.807) is 68.0 Å². The molecule has 7 rings (SSSR count). The number of nitrogens with one attached hydrogen (secondary N) is 5. The fourth-order valence-electron chi connectivity index (χ4n) is 7.33. The minimum absolute atomic E-state index is 0.00661. The van der Waals surface area contributed by atoms with Crippen LogP contribution in [0.1, 0.15) is 59.8 Å². The highest BCUT2D eigenvalue weighted by molar-refractivity contribution is 7.14. The van der Waals surface area contributed by atoms with Gasteiger partial charge in [0.2, 0.25) is 29.5 Å². The first-order valence-corrected chi connectivity index (χ1v) is 22.0. The predicted octanol–water partition coefficient (Wildman–Crippen LogP) is 5.67. The number of hydrogen-bond acceptors (Lipinski definition) is 14. The number of anilines is 4. The van der Waals surface area contributed by atoms with Crippen LogP contribution in [0.2, 0.25) is 0 Å². The van der Waals surface area contributed by atoms with Gasteiger partial charge in [0.25, 0.3) is 5.91 Å². The van der Waals surface area contributed by atoms with Gasteiger partial charge in [0.05, 0.1) is 36.2 Å². The standard InChI is InChI=1S/C46H50N10O7S/c1-26(2)40(55-45-47-19-12-20-48-45)44(61)56-24-29(63-38-23-35(36-25-64-46(54-36)49-27(3)4)50-34-21-28(62-5)17-18-30(34)38)22-37(56)42(59)53-33-15-8-6-7-9-16-39(57)51-31-13-10-11-14-32(31)52-43(60)41(33)58/h10-14,17-21,23,25-27,29,33,37,40H,7,9,15-16,22,24H2,1-5H3,(H,49,54)(H,51,57)(H,52,60)(H,53,59)(H,47,48,55)/t29-,33?,37-,40?/m0/s1. The SMILES string of the molecule is COc1ccc2c(O[C@H]3C[C@@H](C(=O)NC4CC#CCCCC(=O)Nc5ccccc5NC(=O)C4=O)N(C(=O)C(Nc4ncccn4)C(C)C)C3)cc(-c3csc(NC(C)C)n3)nc2c1.